The molecule has 0 saturated carbocycles. The first-order chi connectivity index (χ1) is 10.1. The van der Waals surface area contributed by atoms with E-state index in [1.54, 1.807) is 0 Å². The fraction of sp³-hybridized carbons (Fsp3) is 0.455. The maximum atomic E-state index is 2.30. The van der Waals surface area contributed by atoms with Crippen molar-refractivity contribution in [1.82, 2.24) is 0 Å². The molecule has 0 amide bonds. The molecule has 1 atom stereocenters. The Kier molecular flexibility index (Phi) is 6.41. The van der Waals surface area contributed by atoms with Crippen molar-refractivity contribution in [3.05, 3.63) is 66.3 Å². The molecule has 0 spiro atoms. The van der Waals surface area contributed by atoms with Crippen molar-refractivity contribution < 1.29 is 0 Å². The minimum absolute atomic E-state index is 0.191. The first-order valence-corrected chi connectivity index (χ1v) is 8.23. The summed E-state index contributed by atoms with van der Waals surface area (Å²) in [6, 6.07) is 10.6. The lowest BCUT2D eigenvalue weighted by molar-refractivity contribution is 0.314. The van der Waals surface area contributed by atoms with Crippen LogP contribution in [-0.4, -0.2) is 0 Å². The molecule has 0 heteroatoms. The van der Waals surface area contributed by atoms with E-state index in [0.717, 1.165) is 0 Å². The van der Waals surface area contributed by atoms with Crippen LogP contribution in [0.4, 0.5) is 0 Å². The Morgan fingerprint density at radius 2 is 1.55 bits per heavy atom. The highest BCUT2D eigenvalue weighted by Gasteiger charge is 2.16. The van der Waals surface area contributed by atoms with Gasteiger partial charge in [-0.15, -0.1) is 0 Å². The van der Waals surface area contributed by atoms with E-state index >= 15 is 0 Å². The second-order valence-corrected chi connectivity index (χ2v) is 8.23. The van der Waals surface area contributed by atoms with Gasteiger partial charge in [0.15, 0.2) is 0 Å². The molecular weight excluding hydrogens is 264 g/mol. The van der Waals surface area contributed by atoms with Crippen molar-refractivity contribution in [2.24, 2.45) is 16.7 Å². The van der Waals surface area contributed by atoms with Crippen molar-refractivity contribution in [2.45, 2.75) is 48.5 Å². The van der Waals surface area contributed by atoms with Gasteiger partial charge in [0.05, 0.1) is 0 Å². The average Bonchev–Trinajstić information content (AvgIpc) is 2.41. The summed E-state index contributed by atoms with van der Waals surface area (Å²) in [4.78, 5) is 0. The van der Waals surface area contributed by atoms with E-state index in [4.69, 9.17) is 0 Å². The molecule has 0 aliphatic rings. The minimum atomic E-state index is 0.191. The predicted octanol–water partition coefficient (Wildman–Crippen LogP) is 6.91. The smallest absolute Gasteiger partial charge is 0.0184 e. The molecule has 0 aliphatic heterocycles. The van der Waals surface area contributed by atoms with Crippen LogP contribution in [0.25, 0.3) is 5.57 Å². The topological polar surface area (TPSA) is 0 Å². The molecule has 0 heterocycles. The predicted molar refractivity (Wildman–Crippen MR) is 101 cm³/mol. The minimum Gasteiger partial charge on any atom is -0.0812 e. The van der Waals surface area contributed by atoms with Gasteiger partial charge in [0.2, 0.25) is 0 Å². The Morgan fingerprint density at radius 1 is 0.955 bits per heavy atom. The summed E-state index contributed by atoms with van der Waals surface area (Å²) in [6.45, 7) is 15.8. The normalized spacial score (nSPS) is 15.7. The lowest BCUT2D eigenvalue weighted by atomic mass is 9.82. The summed E-state index contributed by atoms with van der Waals surface area (Å²) >= 11 is 0. The monoisotopic (exact) mass is 296 g/mol. The zero-order chi connectivity index (χ0) is 16.8. The summed E-state index contributed by atoms with van der Waals surface area (Å²) in [7, 11) is 0. The number of hydrogen-bond donors (Lipinski definition) is 0. The van der Waals surface area contributed by atoms with Crippen LogP contribution in [0, 0.1) is 16.7 Å². The quantitative estimate of drug-likeness (QED) is 0.529. The molecule has 0 radical (unpaired) electrons. The van der Waals surface area contributed by atoms with Crippen LogP contribution in [0.3, 0.4) is 0 Å². The molecule has 0 nitrogen and oxygen atoms in total. The second kappa shape index (κ2) is 7.63. The fourth-order valence-electron chi connectivity index (χ4n) is 1.83. The third-order valence-corrected chi connectivity index (χ3v) is 3.91. The molecular formula is C22H32. The van der Waals surface area contributed by atoms with Gasteiger partial charge in [-0.3, -0.25) is 0 Å². The molecule has 1 rings (SSSR count). The van der Waals surface area contributed by atoms with Crippen LogP contribution in [0.1, 0.15) is 54.0 Å². The maximum Gasteiger partial charge on any atom is -0.0184 e. The van der Waals surface area contributed by atoms with Crippen LogP contribution < -0.4 is 0 Å². The summed E-state index contributed by atoms with van der Waals surface area (Å²) in [5.74, 6) is 0.548. The van der Waals surface area contributed by atoms with Crippen LogP contribution >= 0.6 is 0 Å². The van der Waals surface area contributed by atoms with E-state index in [2.05, 4.69) is 109 Å². The highest BCUT2D eigenvalue weighted by molar-refractivity contribution is 5.75. The zero-order valence-electron chi connectivity index (χ0n) is 15.4. The maximum absolute atomic E-state index is 2.30. The van der Waals surface area contributed by atoms with Crippen molar-refractivity contribution in [3.63, 3.8) is 0 Å². The van der Waals surface area contributed by atoms with E-state index < -0.39 is 0 Å². The molecule has 0 saturated heterocycles. The molecule has 0 aliphatic carbocycles. The lowest BCUT2D eigenvalue weighted by Gasteiger charge is -2.23. The Morgan fingerprint density at radius 3 is 2.05 bits per heavy atom. The van der Waals surface area contributed by atoms with Gasteiger partial charge in [-0.2, -0.15) is 0 Å². The average molecular weight is 296 g/mol. The highest BCUT2D eigenvalue weighted by atomic mass is 14.2. The van der Waals surface area contributed by atoms with Crippen LogP contribution in [0.15, 0.2) is 60.7 Å². The van der Waals surface area contributed by atoms with E-state index in [1.165, 1.54) is 11.1 Å². The van der Waals surface area contributed by atoms with Gasteiger partial charge in [0.1, 0.15) is 0 Å². The van der Waals surface area contributed by atoms with Crippen molar-refractivity contribution in [2.75, 3.05) is 0 Å². The van der Waals surface area contributed by atoms with Gasteiger partial charge in [0.25, 0.3) is 0 Å². The SMILES string of the molecule is CC(/C=C/C=C(\C=C/C(C)(C)C)c1ccccc1)C(C)(C)C. The standard InChI is InChI=1S/C22H32/c1-18(22(5,6)7)12-11-15-20(16-17-21(2,3)4)19-13-9-8-10-14-19/h8-18H,1-7H3/b12-11+,17-16-,20-15+. The van der Waals surface area contributed by atoms with Crippen LogP contribution in [-0.2, 0) is 0 Å². The van der Waals surface area contributed by atoms with Crippen LogP contribution in [0.2, 0.25) is 0 Å². The third-order valence-electron chi connectivity index (χ3n) is 3.91. The number of benzene rings is 1. The van der Waals surface area contributed by atoms with Gasteiger partial charge in [-0.25, -0.2) is 0 Å². The van der Waals surface area contributed by atoms with Crippen molar-refractivity contribution in [1.29, 1.82) is 0 Å². The molecule has 120 valence electrons. The van der Waals surface area contributed by atoms with Gasteiger partial charge >= 0.3 is 0 Å². The summed E-state index contributed by atoms with van der Waals surface area (Å²) in [6.07, 6.45) is 11.2. The van der Waals surface area contributed by atoms with E-state index in [-0.39, 0.29) is 5.41 Å². The molecule has 1 unspecified atom stereocenters. The largest absolute Gasteiger partial charge is 0.0812 e. The Labute approximate surface area is 137 Å². The van der Waals surface area contributed by atoms with Crippen LogP contribution in [0.5, 0.6) is 0 Å². The van der Waals surface area contributed by atoms with Crippen molar-refractivity contribution >= 4 is 5.57 Å². The first kappa shape index (κ1) is 18.5. The Balaban J connectivity index is 3.03. The Hall–Kier alpha value is -1.56. The van der Waals surface area contributed by atoms with E-state index in [9.17, 15) is 0 Å². The molecule has 1 aromatic rings. The first-order valence-electron chi connectivity index (χ1n) is 8.23. The van der Waals surface area contributed by atoms with Gasteiger partial charge in [0, 0.05) is 0 Å². The van der Waals surface area contributed by atoms with Gasteiger partial charge in [-0.1, -0.05) is 109 Å². The van der Waals surface area contributed by atoms with Gasteiger partial charge in [-0.05, 0) is 27.9 Å². The molecule has 0 fully saturated rings. The molecule has 1 aromatic carbocycles. The number of hydrogen-bond acceptors (Lipinski definition) is 0. The number of allylic oxidation sites excluding steroid dienone is 6. The third kappa shape index (κ3) is 6.93. The highest BCUT2D eigenvalue weighted by Crippen LogP contribution is 2.27. The summed E-state index contributed by atoms with van der Waals surface area (Å²) in [5.41, 5.74) is 3.01. The van der Waals surface area contributed by atoms with E-state index in [1.807, 2.05) is 0 Å². The zero-order valence-corrected chi connectivity index (χ0v) is 15.4. The number of rotatable bonds is 4. The molecule has 0 bridgehead atoms. The van der Waals surface area contributed by atoms with E-state index in [0.29, 0.717) is 11.3 Å². The molecule has 22 heavy (non-hydrogen) atoms. The van der Waals surface area contributed by atoms with Gasteiger partial charge < -0.3 is 0 Å². The molecule has 0 aromatic heterocycles. The summed E-state index contributed by atoms with van der Waals surface area (Å²) < 4.78 is 0. The van der Waals surface area contributed by atoms with Crippen molar-refractivity contribution in [3.8, 4) is 0 Å². The Bertz CT molecular complexity index is 528. The summed E-state index contributed by atoms with van der Waals surface area (Å²) in [5, 5.41) is 0. The second-order valence-electron chi connectivity index (χ2n) is 8.23. The lowest BCUT2D eigenvalue weighted by Crippen LogP contribution is -2.14. The fourth-order valence-corrected chi connectivity index (χ4v) is 1.83. The molecule has 0 N–H and O–H groups in total.